The molecule has 1 N–H and O–H groups in total. The van der Waals surface area contributed by atoms with E-state index in [1.54, 1.807) is 6.08 Å². The minimum atomic E-state index is 0.0480. The Bertz CT molecular complexity index is 326. The van der Waals surface area contributed by atoms with Gasteiger partial charge in [0.05, 0.1) is 0 Å². The molecule has 0 aromatic carbocycles. The van der Waals surface area contributed by atoms with Crippen molar-refractivity contribution in [3.05, 3.63) is 23.4 Å². The van der Waals surface area contributed by atoms with Gasteiger partial charge in [0.2, 0.25) is 5.91 Å². The number of nitrogens with one attached hydrogen (secondary N) is 1. The van der Waals surface area contributed by atoms with Gasteiger partial charge >= 0.3 is 0 Å². The van der Waals surface area contributed by atoms with Gasteiger partial charge in [-0.15, -0.1) is 0 Å². The zero-order valence-electron chi connectivity index (χ0n) is 7.30. The summed E-state index contributed by atoms with van der Waals surface area (Å²) in [5.41, 5.74) is 1.84. The highest BCUT2D eigenvalue weighted by molar-refractivity contribution is 5.88. The topological polar surface area (TPSA) is 46.2 Å². The van der Waals surface area contributed by atoms with Crippen molar-refractivity contribution in [1.82, 2.24) is 5.32 Å². The fourth-order valence-electron chi connectivity index (χ4n) is 1.63. The fourth-order valence-corrected chi connectivity index (χ4v) is 1.63. The molecule has 13 heavy (non-hydrogen) atoms. The monoisotopic (exact) mass is 177 g/mol. The Morgan fingerprint density at radius 3 is 2.92 bits per heavy atom. The summed E-state index contributed by atoms with van der Waals surface area (Å²) in [6.07, 6.45) is 5.99. The van der Waals surface area contributed by atoms with Crippen LogP contribution in [0.5, 0.6) is 0 Å². The highest BCUT2D eigenvalue weighted by Gasteiger charge is 2.19. The van der Waals surface area contributed by atoms with Crippen LogP contribution < -0.4 is 5.32 Å². The molecule has 0 atom stereocenters. The number of rotatable bonds is 0. The van der Waals surface area contributed by atoms with Crippen LogP contribution >= 0.6 is 0 Å². The summed E-state index contributed by atoms with van der Waals surface area (Å²) < 4.78 is 0. The highest BCUT2D eigenvalue weighted by Crippen LogP contribution is 2.22. The summed E-state index contributed by atoms with van der Waals surface area (Å²) in [7, 11) is 0. The molecule has 2 rings (SSSR count). The number of Topliss-reactive ketones (excluding diaryl/α,β-unsaturated/α-hetero) is 1. The Labute approximate surface area is 76.5 Å². The van der Waals surface area contributed by atoms with Crippen LogP contribution in [0.25, 0.3) is 0 Å². The highest BCUT2D eigenvalue weighted by atomic mass is 16.1. The van der Waals surface area contributed by atoms with Crippen molar-refractivity contribution in [1.29, 1.82) is 0 Å². The van der Waals surface area contributed by atoms with E-state index in [4.69, 9.17) is 0 Å². The maximum Gasteiger partial charge on any atom is 0.224 e. The normalized spacial score (nSPS) is 22.5. The van der Waals surface area contributed by atoms with Crippen LogP contribution in [0.2, 0.25) is 0 Å². The number of amides is 1. The van der Waals surface area contributed by atoms with Crippen LogP contribution in [0, 0.1) is 0 Å². The third-order valence-electron chi connectivity index (χ3n) is 2.30. The first kappa shape index (κ1) is 8.23. The van der Waals surface area contributed by atoms with Gasteiger partial charge in [0.15, 0.2) is 0 Å². The molecule has 1 aliphatic heterocycles. The van der Waals surface area contributed by atoms with E-state index in [1.165, 1.54) is 0 Å². The summed E-state index contributed by atoms with van der Waals surface area (Å²) in [6.45, 7) is 0. The smallest absolute Gasteiger partial charge is 0.224 e. The molecule has 0 bridgehead atoms. The molecule has 68 valence electrons. The standard InChI is InChI=1S/C10H11NO2/c12-8-4-5-9-7(6-8)2-1-3-10(13)11-9/h2,5H,1,3-4,6H2,(H,11,13). The lowest BCUT2D eigenvalue weighted by atomic mass is 9.97. The summed E-state index contributed by atoms with van der Waals surface area (Å²) in [5.74, 6) is 0.276. The zero-order valence-corrected chi connectivity index (χ0v) is 7.30. The predicted molar refractivity (Wildman–Crippen MR) is 47.8 cm³/mol. The van der Waals surface area contributed by atoms with E-state index >= 15 is 0 Å². The van der Waals surface area contributed by atoms with Gasteiger partial charge in [-0.25, -0.2) is 0 Å². The number of carbonyl (C=O) groups is 2. The third kappa shape index (κ3) is 1.69. The Morgan fingerprint density at radius 1 is 1.23 bits per heavy atom. The Kier molecular flexibility index (Phi) is 2.00. The molecule has 0 saturated heterocycles. The molecule has 1 amide bonds. The van der Waals surface area contributed by atoms with Gasteiger partial charge in [0, 0.05) is 25.0 Å². The molecule has 0 aromatic rings. The molecular weight excluding hydrogens is 166 g/mol. The largest absolute Gasteiger partial charge is 0.326 e. The second-order valence-electron chi connectivity index (χ2n) is 3.35. The second-order valence-corrected chi connectivity index (χ2v) is 3.35. The van der Waals surface area contributed by atoms with Gasteiger partial charge in [-0.05, 0) is 12.0 Å². The lowest BCUT2D eigenvalue weighted by Gasteiger charge is -2.14. The van der Waals surface area contributed by atoms with Gasteiger partial charge < -0.3 is 5.32 Å². The van der Waals surface area contributed by atoms with E-state index in [2.05, 4.69) is 5.32 Å². The average Bonchev–Trinajstić information content (AvgIpc) is 2.25. The molecule has 0 spiro atoms. The quantitative estimate of drug-likeness (QED) is 0.601. The number of allylic oxidation sites excluding steroid dienone is 3. The number of carbonyl (C=O) groups excluding carboxylic acids is 2. The molecule has 1 heterocycles. The number of hydrogen-bond donors (Lipinski definition) is 1. The Hall–Kier alpha value is -1.38. The molecule has 0 aromatic heterocycles. The fraction of sp³-hybridized carbons (Fsp3) is 0.400. The molecule has 1 aliphatic carbocycles. The number of ketones is 1. The van der Waals surface area contributed by atoms with E-state index in [1.807, 2.05) is 6.08 Å². The van der Waals surface area contributed by atoms with Gasteiger partial charge in [-0.3, -0.25) is 9.59 Å². The van der Waals surface area contributed by atoms with E-state index in [9.17, 15) is 9.59 Å². The molecular formula is C10H11NO2. The van der Waals surface area contributed by atoms with Crippen LogP contribution in [0.1, 0.15) is 25.7 Å². The summed E-state index contributed by atoms with van der Waals surface area (Å²) in [6, 6.07) is 0. The lowest BCUT2D eigenvalue weighted by molar-refractivity contribution is -0.120. The van der Waals surface area contributed by atoms with Crippen LogP contribution in [0.15, 0.2) is 23.4 Å². The predicted octanol–water partition coefficient (Wildman–Crippen LogP) is 1.07. The molecule has 3 heteroatoms. The minimum absolute atomic E-state index is 0.0480. The van der Waals surface area contributed by atoms with Crippen molar-refractivity contribution >= 4 is 11.7 Å². The van der Waals surface area contributed by atoms with Crippen LogP contribution in [0.3, 0.4) is 0 Å². The van der Waals surface area contributed by atoms with Crippen molar-refractivity contribution in [2.75, 3.05) is 0 Å². The van der Waals surface area contributed by atoms with E-state index < -0.39 is 0 Å². The van der Waals surface area contributed by atoms with Crippen LogP contribution in [0.4, 0.5) is 0 Å². The maximum atomic E-state index is 11.1. The maximum absolute atomic E-state index is 11.1. The van der Waals surface area contributed by atoms with Gasteiger partial charge in [0.25, 0.3) is 0 Å². The minimum Gasteiger partial charge on any atom is -0.326 e. The van der Waals surface area contributed by atoms with Crippen molar-refractivity contribution in [3.8, 4) is 0 Å². The second kappa shape index (κ2) is 3.17. The van der Waals surface area contributed by atoms with Crippen LogP contribution in [-0.4, -0.2) is 11.7 Å². The van der Waals surface area contributed by atoms with Gasteiger partial charge in [-0.2, -0.15) is 0 Å². The van der Waals surface area contributed by atoms with Crippen molar-refractivity contribution in [2.45, 2.75) is 25.7 Å². The van der Waals surface area contributed by atoms with E-state index in [0.717, 1.165) is 17.7 Å². The molecule has 0 fully saturated rings. The van der Waals surface area contributed by atoms with Crippen molar-refractivity contribution in [3.63, 3.8) is 0 Å². The van der Waals surface area contributed by atoms with Gasteiger partial charge in [-0.1, -0.05) is 12.2 Å². The first-order chi connectivity index (χ1) is 6.25. The van der Waals surface area contributed by atoms with Crippen molar-refractivity contribution < 1.29 is 9.59 Å². The molecule has 0 unspecified atom stereocenters. The summed E-state index contributed by atoms with van der Waals surface area (Å²) in [4.78, 5) is 22.3. The summed E-state index contributed by atoms with van der Waals surface area (Å²) >= 11 is 0. The number of hydrogen-bond acceptors (Lipinski definition) is 2. The molecule has 0 radical (unpaired) electrons. The zero-order chi connectivity index (χ0) is 9.26. The lowest BCUT2D eigenvalue weighted by Crippen LogP contribution is -2.24. The number of fused-ring (bicyclic) bond motifs is 1. The SMILES string of the molecule is O=C1CC=C2NC(=O)CCC=C2C1. The Morgan fingerprint density at radius 2 is 2.08 bits per heavy atom. The van der Waals surface area contributed by atoms with Crippen LogP contribution in [-0.2, 0) is 9.59 Å². The molecule has 3 nitrogen and oxygen atoms in total. The first-order valence-electron chi connectivity index (χ1n) is 4.47. The molecule has 2 aliphatic rings. The summed E-state index contributed by atoms with van der Waals surface area (Å²) in [5, 5.41) is 2.80. The Balaban J connectivity index is 2.29. The van der Waals surface area contributed by atoms with Crippen molar-refractivity contribution in [2.24, 2.45) is 0 Å². The van der Waals surface area contributed by atoms with E-state index in [0.29, 0.717) is 19.3 Å². The first-order valence-corrected chi connectivity index (χ1v) is 4.47. The average molecular weight is 177 g/mol. The third-order valence-corrected chi connectivity index (χ3v) is 2.30. The van der Waals surface area contributed by atoms with E-state index in [-0.39, 0.29) is 11.7 Å². The molecule has 0 saturated carbocycles. The van der Waals surface area contributed by atoms with Gasteiger partial charge in [0.1, 0.15) is 5.78 Å².